The van der Waals surface area contributed by atoms with Crippen molar-refractivity contribution in [2.45, 2.75) is 110 Å². The van der Waals surface area contributed by atoms with E-state index in [1.165, 1.54) is 81.8 Å². The van der Waals surface area contributed by atoms with Crippen LogP contribution in [0.5, 0.6) is 0 Å². The zero-order valence-corrected chi connectivity index (χ0v) is 21.0. The van der Waals surface area contributed by atoms with E-state index in [4.69, 9.17) is 0 Å². The molecule has 0 aliphatic heterocycles. The van der Waals surface area contributed by atoms with E-state index >= 15 is 4.39 Å². The van der Waals surface area contributed by atoms with Crippen LogP contribution in [0, 0.1) is 17.7 Å². The molecule has 3 rings (SSSR count). The smallest absolute Gasteiger partial charge is 0.131 e. The van der Waals surface area contributed by atoms with E-state index < -0.39 is 0 Å². The summed E-state index contributed by atoms with van der Waals surface area (Å²) in [4.78, 5) is 0. The average Bonchev–Trinajstić information content (AvgIpc) is 2.82. The SMILES string of the molecule is CCCC(CC)CCC(C)c1ccc(-c2ccc(C3CCC(CCC)CC3)cc2F)cc1. The van der Waals surface area contributed by atoms with Gasteiger partial charge in [-0.3, -0.25) is 0 Å². The Morgan fingerprint density at radius 3 is 2.16 bits per heavy atom. The van der Waals surface area contributed by atoms with Crippen molar-refractivity contribution in [1.82, 2.24) is 0 Å². The number of rotatable bonds is 11. The minimum absolute atomic E-state index is 0.0654. The molecule has 32 heavy (non-hydrogen) atoms. The van der Waals surface area contributed by atoms with Crippen LogP contribution < -0.4 is 0 Å². The molecular formula is C31H45F. The fourth-order valence-electron chi connectivity index (χ4n) is 5.82. The Morgan fingerprint density at radius 1 is 0.844 bits per heavy atom. The number of halogens is 1. The number of hydrogen-bond acceptors (Lipinski definition) is 0. The lowest BCUT2D eigenvalue weighted by Crippen LogP contribution is -2.13. The van der Waals surface area contributed by atoms with Gasteiger partial charge in [0, 0.05) is 5.56 Å². The third-order valence-electron chi connectivity index (χ3n) is 8.08. The van der Waals surface area contributed by atoms with Crippen molar-refractivity contribution in [3.8, 4) is 11.1 Å². The fraction of sp³-hybridized carbons (Fsp3) is 0.613. The van der Waals surface area contributed by atoms with Crippen LogP contribution in [0.25, 0.3) is 11.1 Å². The van der Waals surface area contributed by atoms with Gasteiger partial charge in [-0.2, -0.15) is 0 Å². The molecule has 2 aromatic rings. The maximum Gasteiger partial charge on any atom is 0.131 e. The van der Waals surface area contributed by atoms with Crippen LogP contribution in [0.1, 0.15) is 121 Å². The summed E-state index contributed by atoms with van der Waals surface area (Å²) in [5.41, 5.74) is 4.31. The number of benzene rings is 2. The van der Waals surface area contributed by atoms with E-state index in [1.807, 2.05) is 12.1 Å². The predicted octanol–water partition coefficient (Wildman–Crippen LogP) is 10.3. The Bertz CT molecular complexity index is 798. The van der Waals surface area contributed by atoms with Crippen molar-refractivity contribution in [3.05, 3.63) is 59.4 Å². The van der Waals surface area contributed by atoms with E-state index in [9.17, 15) is 0 Å². The highest BCUT2D eigenvalue weighted by atomic mass is 19.1. The van der Waals surface area contributed by atoms with Crippen LogP contribution in [0.15, 0.2) is 42.5 Å². The van der Waals surface area contributed by atoms with Crippen molar-refractivity contribution in [1.29, 1.82) is 0 Å². The fourth-order valence-corrected chi connectivity index (χ4v) is 5.82. The highest BCUT2D eigenvalue weighted by Crippen LogP contribution is 2.38. The van der Waals surface area contributed by atoms with Crippen LogP contribution in [0.4, 0.5) is 4.39 Å². The summed E-state index contributed by atoms with van der Waals surface area (Å²) in [6, 6.07) is 14.7. The second-order valence-corrected chi connectivity index (χ2v) is 10.4. The van der Waals surface area contributed by atoms with E-state index in [0.717, 1.165) is 23.0 Å². The zero-order chi connectivity index (χ0) is 22.9. The van der Waals surface area contributed by atoms with Gasteiger partial charge in [-0.05, 0) is 85.0 Å². The lowest BCUT2D eigenvalue weighted by Gasteiger charge is -2.28. The predicted molar refractivity (Wildman–Crippen MR) is 138 cm³/mol. The summed E-state index contributed by atoms with van der Waals surface area (Å²) >= 11 is 0. The Balaban J connectivity index is 1.61. The summed E-state index contributed by atoms with van der Waals surface area (Å²) in [5, 5.41) is 0. The molecular weight excluding hydrogens is 391 g/mol. The monoisotopic (exact) mass is 436 g/mol. The molecule has 0 aromatic heterocycles. The Morgan fingerprint density at radius 2 is 1.56 bits per heavy atom. The normalized spacial score (nSPS) is 20.8. The molecule has 176 valence electrons. The average molecular weight is 437 g/mol. The molecule has 0 heterocycles. The van der Waals surface area contributed by atoms with Crippen LogP contribution in [0.2, 0.25) is 0 Å². The molecule has 0 saturated heterocycles. The van der Waals surface area contributed by atoms with Gasteiger partial charge in [0.1, 0.15) is 5.82 Å². The lowest BCUT2D eigenvalue weighted by atomic mass is 9.77. The van der Waals surface area contributed by atoms with Gasteiger partial charge in [0.05, 0.1) is 0 Å². The molecule has 0 bridgehead atoms. The van der Waals surface area contributed by atoms with Gasteiger partial charge in [-0.25, -0.2) is 4.39 Å². The summed E-state index contributed by atoms with van der Waals surface area (Å²) in [5.74, 6) is 2.78. The van der Waals surface area contributed by atoms with Crippen LogP contribution >= 0.6 is 0 Å². The highest BCUT2D eigenvalue weighted by Gasteiger charge is 2.22. The van der Waals surface area contributed by atoms with Gasteiger partial charge in [0.25, 0.3) is 0 Å². The Kier molecular flexibility index (Phi) is 9.82. The minimum atomic E-state index is -0.0654. The molecule has 2 atom stereocenters. The van der Waals surface area contributed by atoms with Gasteiger partial charge in [0.15, 0.2) is 0 Å². The zero-order valence-electron chi connectivity index (χ0n) is 21.0. The summed E-state index contributed by atoms with van der Waals surface area (Å²) < 4.78 is 15.1. The van der Waals surface area contributed by atoms with E-state index in [-0.39, 0.29) is 5.82 Å². The van der Waals surface area contributed by atoms with E-state index in [1.54, 1.807) is 0 Å². The minimum Gasteiger partial charge on any atom is -0.206 e. The molecule has 2 aromatic carbocycles. The summed E-state index contributed by atoms with van der Waals surface area (Å²) in [6.45, 7) is 9.21. The number of hydrogen-bond donors (Lipinski definition) is 0. The first-order chi connectivity index (χ1) is 15.5. The molecule has 1 aliphatic rings. The first-order valence-corrected chi connectivity index (χ1v) is 13.4. The standard InChI is InChI=1S/C31H45F/c1-5-8-24(7-3)11-10-23(4)26-16-18-28(19-17-26)30-21-20-29(22-31(30)32)27-14-12-25(9-6-2)13-15-27/h16-25,27H,5-15H2,1-4H3. The first-order valence-electron chi connectivity index (χ1n) is 13.4. The molecule has 0 N–H and O–H groups in total. The maximum atomic E-state index is 15.1. The van der Waals surface area contributed by atoms with Crippen molar-refractivity contribution in [3.63, 3.8) is 0 Å². The topological polar surface area (TPSA) is 0 Å². The molecule has 1 aliphatic carbocycles. The van der Waals surface area contributed by atoms with Crippen LogP contribution in [0.3, 0.4) is 0 Å². The van der Waals surface area contributed by atoms with E-state index in [0.29, 0.717) is 11.8 Å². The lowest BCUT2D eigenvalue weighted by molar-refractivity contribution is 0.308. The Labute approximate surface area is 197 Å². The maximum absolute atomic E-state index is 15.1. The first kappa shape index (κ1) is 25.0. The molecule has 1 heteroatoms. The molecule has 1 fully saturated rings. The van der Waals surface area contributed by atoms with Gasteiger partial charge in [-0.1, -0.05) is 96.2 Å². The van der Waals surface area contributed by atoms with Crippen molar-refractivity contribution >= 4 is 0 Å². The Hall–Kier alpha value is -1.63. The van der Waals surface area contributed by atoms with Gasteiger partial charge in [0.2, 0.25) is 0 Å². The largest absolute Gasteiger partial charge is 0.206 e. The molecule has 1 saturated carbocycles. The molecule has 0 radical (unpaired) electrons. The molecule has 0 nitrogen and oxygen atoms in total. The second kappa shape index (κ2) is 12.6. The molecule has 0 amide bonds. The van der Waals surface area contributed by atoms with Crippen molar-refractivity contribution < 1.29 is 4.39 Å². The quantitative estimate of drug-likeness (QED) is 0.328. The molecule has 0 spiro atoms. The third kappa shape index (κ3) is 6.69. The van der Waals surface area contributed by atoms with Gasteiger partial charge < -0.3 is 0 Å². The summed E-state index contributed by atoms with van der Waals surface area (Å²) in [6.07, 6.45) is 14.1. The van der Waals surface area contributed by atoms with E-state index in [2.05, 4.69) is 58.0 Å². The van der Waals surface area contributed by atoms with Crippen molar-refractivity contribution in [2.24, 2.45) is 11.8 Å². The highest BCUT2D eigenvalue weighted by molar-refractivity contribution is 5.65. The second-order valence-electron chi connectivity index (χ2n) is 10.4. The summed E-state index contributed by atoms with van der Waals surface area (Å²) in [7, 11) is 0. The third-order valence-corrected chi connectivity index (χ3v) is 8.08. The van der Waals surface area contributed by atoms with Gasteiger partial charge in [-0.15, -0.1) is 0 Å². The van der Waals surface area contributed by atoms with Gasteiger partial charge >= 0.3 is 0 Å². The van der Waals surface area contributed by atoms with Crippen LogP contribution in [-0.2, 0) is 0 Å². The molecule has 2 unspecified atom stereocenters. The van der Waals surface area contributed by atoms with Crippen LogP contribution in [-0.4, -0.2) is 0 Å². The van der Waals surface area contributed by atoms with Crippen molar-refractivity contribution in [2.75, 3.05) is 0 Å².